The summed E-state index contributed by atoms with van der Waals surface area (Å²) < 4.78 is 0. The van der Waals surface area contributed by atoms with Crippen molar-refractivity contribution in [2.45, 2.75) is 19.8 Å². The molecule has 24 heavy (non-hydrogen) atoms. The number of hydrogen-bond acceptors (Lipinski definition) is 4. The Hall–Kier alpha value is -2.14. The van der Waals surface area contributed by atoms with E-state index >= 15 is 0 Å². The molecular formula is C19H23N3OS. The molecule has 1 aromatic heterocycles. The molecule has 5 heteroatoms. The minimum Gasteiger partial charge on any atom is -0.345 e. The van der Waals surface area contributed by atoms with Gasteiger partial charge in [-0.1, -0.05) is 38.1 Å². The third-order valence-corrected chi connectivity index (χ3v) is 5.13. The highest BCUT2D eigenvalue weighted by Gasteiger charge is 2.20. The molecule has 1 aliphatic rings. The van der Waals surface area contributed by atoms with Crippen LogP contribution in [0.15, 0.2) is 41.9 Å². The normalized spacial score (nSPS) is 15.5. The molecule has 0 bridgehead atoms. The van der Waals surface area contributed by atoms with Crippen LogP contribution < -0.4 is 4.90 Å². The van der Waals surface area contributed by atoms with Crippen LogP contribution in [-0.2, 0) is 4.79 Å². The van der Waals surface area contributed by atoms with E-state index in [1.54, 1.807) is 17.4 Å². The standard InChI is InChI=1S/C19H23N3OS/c1-15(2)17-6-3-16(4-7-17)5-8-18(23)21-10-12-22(13-11-21)19-20-9-14-24-19/h3-9,14-15H,10-13H2,1-2H3/b8-5+. The van der Waals surface area contributed by atoms with E-state index in [9.17, 15) is 4.79 Å². The zero-order valence-corrected chi connectivity index (χ0v) is 15.0. The van der Waals surface area contributed by atoms with Crippen LogP contribution >= 0.6 is 11.3 Å². The van der Waals surface area contributed by atoms with Crippen molar-refractivity contribution in [3.8, 4) is 0 Å². The fourth-order valence-electron chi connectivity index (χ4n) is 2.76. The molecule has 1 saturated heterocycles. The van der Waals surface area contributed by atoms with Crippen LogP contribution in [0.5, 0.6) is 0 Å². The molecule has 2 aromatic rings. The van der Waals surface area contributed by atoms with E-state index in [0.29, 0.717) is 5.92 Å². The number of hydrogen-bond donors (Lipinski definition) is 0. The zero-order chi connectivity index (χ0) is 16.9. The third kappa shape index (κ3) is 4.03. The van der Waals surface area contributed by atoms with E-state index < -0.39 is 0 Å². The van der Waals surface area contributed by atoms with Gasteiger partial charge < -0.3 is 9.80 Å². The maximum Gasteiger partial charge on any atom is 0.246 e. The van der Waals surface area contributed by atoms with Crippen molar-refractivity contribution in [1.82, 2.24) is 9.88 Å². The van der Waals surface area contributed by atoms with E-state index in [4.69, 9.17) is 0 Å². The number of amides is 1. The van der Waals surface area contributed by atoms with Crippen LogP contribution in [-0.4, -0.2) is 42.0 Å². The zero-order valence-electron chi connectivity index (χ0n) is 14.2. The van der Waals surface area contributed by atoms with Crippen LogP contribution in [0.1, 0.15) is 30.9 Å². The maximum atomic E-state index is 12.3. The van der Waals surface area contributed by atoms with Crippen LogP contribution in [0.25, 0.3) is 6.08 Å². The summed E-state index contributed by atoms with van der Waals surface area (Å²) in [5, 5.41) is 3.03. The average molecular weight is 341 g/mol. The summed E-state index contributed by atoms with van der Waals surface area (Å²) in [5.74, 6) is 0.612. The predicted molar refractivity (Wildman–Crippen MR) is 100 cm³/mol. The minimum atomic E-state index is 0.0849. The number of carbonyl (C=O) groups excluding carboxylic acids is 1. The molecule has 1 amide bonds. The Balaban J connectivity index is 1.53. The molecule has 0 aliphatic carbocycles. The SMILES string of the molecule is CC(C)c1ccc(/C=C/C(=O)N2CCN(c3nccs3)CC2)cc1. The van der Waals surface area contributed by atoms with Gasteiger partial charge in [-0.3, -0.25) is 4.79 Å². The lowest BCUT2D eigenvalue weighted by molar-refractivity contribution is -0.126. The predicted octanol–water partition coefficient (Wildman–Crippen LogP) is 3.63. The van der Waals surface area contributed by atoms with E-state index in [1.807, 2.05) is 22.6 Å². The van der Waals surface area contributed by atoms with Gasteiger partial charge in [-0.25, -0.2) is 4.98 Å². The molecule has 4 nitrogen and oxygen atoms in total. The number of nitrogens with zero attached hydrogens (tertiary/aromatic N) is 3. The molecule has 0 radical (unpaired) electrons. The highest BCUT2D eigenvalue weighted by atomic mass is 32.1. The van der Waals surface area contributed by atoms with Crippen molar-refractivity contribution in [2.24, 2.45) is 0 Å². The largest absolute Gasteiger partial charge is 0.345 e. The smallest absolute Gasteiger partial charge is 0.246 e. The Morgan fingerprint density at radius 3 is 2.46 bits per heavy atom. The number of aromatic nitrogens is 1. The molecule has 0 spiro atoms. The first-order valence-corrected chi connectivity index (χ1v) is 9.23. The highest BCUT2D eigenvalue weighted by molar-refractivity contribution is 7.13. The molecule has 126 valence electrons. The fraction of sp³-hybridized carbons (Fsp3) is 0.368. The number of piperazine rings is 1. The summed E-state index contributed by atoms with van der Waals surface area (Å²) in [6.07, 6.45) is 5.41. The van der Waals surface area contributed by atoms with Gasteiger partial charge in [0.25, 0.3) is 0 Å². The number of rotatable bonds is 4. The van der Waals surface area contributed by atoms with Gasteiger partial charge in [-0.15, -0.1) is 11.3 Å². The Morgan fingerprint density at radius 1 is 1.17 bits per heavy atom. The quantitative estimate of drug-likeness (QED) is 0.797. The summed E-state index contributed by atoms with van der Waals surface area (Å²) in [6.45, 7) is 7.54. The maximum absolute atomic E-state index is 12.3. The van der Waals surface area contributed by atoms with Crippen LogP contribution in [0.2, 0.25) is 0 Å². The van der Waals surface area contributed by atoms with Crippen LogP contribution in [0, 0.1) is 0 Å². The second-order valence-electron chi connectivity index (χ2n) is 6.28. The van der Waals surface area contributed by atoms with Gasteiger partial charge in [0.15, 0.2) is 5.13 Å². The van der Waals surface area contributed by atoms with Crippen molar-refractivity contribution in [1.29, 1.82) is 0 Å². The average Bonchev–Trinajstić information content (AvgIpc) is 3.15. The van der Waals surface area contributed by atoms with E-state index in [0.717, 1.165) is 36.9 Å². The molecule has 1 fully saturated rings. The van der Waals surface area contributed by atoms with E-state index in [2.05, 4.69) is 48.0 Å². The molecule has 0 N–H and O–H groups in total. The summed E-state index contributed by atoms with van der Waals surface area (Å²) in [6, 6.07) is 8.39. The molecule has 1 aliphatic heterocycles. The van der Waals surface area contributed by atoms with Crippen molar-refractivity contribution in [2.75, 3.05) is 31.1 Å². The summed E-state index contributed by atoms with van der Waals surface area (Å²) in [5.41, 5.74) is 2.38. The first-order chi connectivity index (χ1) is 11.6. The Morgan fingerprint density at radius 2 is 1.88 bits per heavy atom. The summed E-state index contributed by atoms with van der Waals surface area (Å²) >= 11 is 1.65. The molecule has 2 heterocycles. The van der Waals surface area contributed by atoms with Crippen molar-refractivity contribution in [3.63, 3.8) is 0 Å². The van der Waals surface area contributed by atoms with Gasteiger partial charge in [0, 0.05) is 43.8 Å². The van der Waals surface area contributed by atoms with E-state index in [1.165, 1.54) is 5.56 Å². The Kier molecular flexibility index (Phi) is 5.30. The van der Waals surface area contributed by atoms with Gasteiger partial charge in [0.05, 0.1) is 0 Å². The lowest BCUT2D eigenvalue weighted by Crippen LogP contribution is -2.48. The first kappa shape index (κ1) is 16.7. The van der Waals surface area contributed by atoms with Crippen LogP contribution in [0.4, 0.5) is 5.13 Å². The second kappa shape index (κ2) is 7.62. The topological polar surface area (TPSA) is 36.4 Å². The number of benzene rings is 1. The van der Waals surface area contributed by atoms with Gasteiger partial charge >= 0.3 is 0 Å². The lowest BCUT2D eigenvalue weighted by Gasteiger charge is -2.34. The fourth-order valence-corrected chi connectivity index (χ4v) is 3.45. The minimum absolute atomic E-state index is 0.0849. The molecule has 1 aromatic carbocycles. The number of thiazole rings is 1. The number of carbonyl (C=O) groups is 1. The summed E-state index contributed by atoms with van der Waals surface area (Å²) in [4.78, 5) is 20.8. The molecule has 3 rings (SSSR count). The van der Waals surface area contributed by atoms with Gasteiger partial charge in [0.1, 0.15) is 0 Å². The molecular weight excluding hydrogens is 318 g/mol. The Bertz CT molecular complexity index is 684. The third-order valence-electron chi connectivity index (χ3n) is 4.30. The van der Waals surface area contributed by atoms with Gasteiger partial charge in [-0.05, 0) is 23.1 Å². The van der Waals surface area contributed by atoms with Crippen molar-refractivity contribution < 1.29 is 4.79 Å². The lowest BCUT2D eigenvalue weighted by atomic mass is 10.0. The van der Waals surface area contributed by atoms with Crippen molar-refractivity contribution in [3.05, 3.63) is 53.0 Å². The molecule has 0 unspecified atom stereocenters. The first-order valence-electron chi connectivity index (χ1n) is 8.35. The van der Waals surface area contributed by atoms with E-state index in [-0.39, 0.29) is 5.91 Å². The van der Waals surface area contributed by atoms with Crippen molar-refractivity contribution >= 4 is 28.5 Å². The van der Waals surface area contributed by atoms with Gasteiger partial charge in [-0.2, -0.15) is 0 Å². The van der Waals surface area contributed by atoms with Crippen LogP contribution in [0.3, 0.4) is 0 Å². The van der Waals surface area contributed by atoms with Gasteiger partial charge in [0.2, 0.25) is 5.91 Å². The monoisotopic (exact) mass is 341 g/mol. The highest BCUT2D eigenvalue weighted by Crippen LogP contribution is 2.19. The molecule has 0 atom stereocenters. The second-order valence-corrected chi connectivity index (χ2v) is 7.15. The summed E-state index contributed by atoms with van der Waals surface area (Å²) in [7, 11) is 0. The number of anilines is 1. The Labute approximate surface area is 147 Å². The molecule has 0 saturated carbocycles.